The van der Waals surface area contributed by atoms with Crippen LogP contribution in [0.25, 0.3) is 0 Å². The molecule has 5 aliphatic rings. The van der Waals surface area contributed by atoms with Gasteiger partial charge in [-0.2, -0.15) is 0 Å². The van der Waals surface area contributed by atoms with E-state index in [1.807, 2.05) is 6.08 Å². The third-order valence-electron chi connectivity index (χ3n) is 10.1. The summed E-state index contributed by atoms with van der Waals surface area (Å²) in [7, 11) is 2.77. The molecule has 7 heteroatoms. The fourth-order valence-corrected chi connectivity index (χ4v) is 8.23. The quantitative estimate of drug-likeness (QED) is 0.402. The van der Waals surface area contributed by atoms with E-state index in [0.717, 1.165) is 18.4 Å². The van der Waals surface area contributed by atoms with Crippen LogP contribution in [0.15, 0.2) is 11.6 Å². The first-order valence-electron chi connectivity index (χ1n) is 11.8. The molecule has 1 aliphatic heterocycles. The van der Waals surface area contributed by atoms with Crippen molar-refractivity contribution in [1.29, 1.82) is 0 Å². The van der Waals surface area contributed by atoms with Crippen molar-refractivity contribution in [2.45, 2.75) is 82.5 Å². The van der Waals surface area contributed by atoms with Crippen molar-refractivity contribution in [1.82, 2.24) is 0 Å². The Labute approximate surface area is 188 Å². The van der Waals surface area contributed by atoms with Crippen molar-refractivity contribution in [2.24, 2.45) is 28.6 Å². The van der Waals surface area contributed by atoms with Crippen LogP contribution in [-0.4, -0.2) is 54.4 Å². The van der Waals surface area contributed by atoms with Crippen molar-refractivity contribution in [2.75, 3.05) is 14.2 Å². The highest BCUT2D eigenvalue weighted by atomic mass is 16.6. The number of aliphatic hydroxyl groups is 1. The lowest BCUT2D eigenvalue weighted by Crippen LogP contribution is -2.62. The largest absolute Gasteiger partial charge is 0.469 e. The van der Waals surface area contributed by atoms with Crippen LogP contribution in [0.4, 0.5) is 0 Å². The average molecular weight is 447 g/mol. The van der Waals surface area contributed by atoms with Gasteiger partial charge < -0.3 is 19.3 Å². The van der Waals surface area contributed by atoms with Gasteiger partial charge in [-0.1, -0.05) is 25.5 Å². The molecule has 0 bridgehead atoms. The molecule has 4 aliphatic carbocycles. The first kappa shape index (κ1) is 22.1. The molecule has 0 aromatic heterocycles. The van der Waals surface area contributed by atoms with E-state index >= 15 is 0 Å². The van der Waals surface area contributed by atoms with E-state index in [1.165, 1.54) is 14.2 Å². The summed E-state index contributed by atoms with van der Waals surface area (Å²) in [5.74, 6) is -0.969. The Bertz CT molecular complexity index is 910. The summed E-state index contributed by atoms with van der Waals surface area (Å²) in [6.45, 7) is 4.31. The SMILES string of the molecule is COC(=O)CC[C@]1(O)CC[C@H]2[C@@H]3C(C(=O)OC)C=C4CC(=O)CC[C@]4(C)C34O[C@@H]4C[C@@]21C. The molecule has 1 N–H and O–H groups in total. The van der Waals surface area contributed by atoms with E-state index < -0.39 is 22.5 Å². The minimum Gasteiger partial charge on any atom is -0.469 e. The van der Waals surface area contributed by atoms with Crippen LogP contribution in [0.5, 0.6) is 0 Å². The molecule has 1 saturated heterocycles. The molecule has 4 fully saturated rings. The standard InChI is InChI=1S/C25H34O7/c1-22-8-5-15(26)11-14(22)12-16(21(28)31-4)20-17-6-9-24(29,10-7-19(27)30-3)23(17,2)13-18-25(20,22)32-18/h12,16-18,20,29H,5-11,13H2,1-4H3/t16?,17-,18+,20-,22-,23-,24+,25?/m0/s1. The summed E-state index contributed by atoms with van der Waals surface area (Å²) in [4.78, 5) is 37.1. The number of fused-ring (bicyclic) bond motifs is 3. The second-order valence-corrected chi connectivity index (χ2v) is 11.1. The lowest BCUT2D eigenvalue weighted by molar-refractivity contribution is -0.158. The van der Waals surface area contributed by atoms with Gasteiger partial charge in [-0.3, -0.25) is 14.4 Å². The summed E-state index contributed by atoms with van der Waals surface area (Å²) in [6.07, 6.45) is 6.11. The fraction of sp³-hybridized carbons (Fsp3) is 0.800. The van der Waals surface area contributed by atoms with Crippen LogP contribution < -0.4 is 0 Å². The molecular formula is C25H34O7. The number of epoxide rings is 1. The molecule has 0 aromatic rings. The van der Waals surface area contributed by atoms with Gasteiger partial charge in [-0.05, 0) is 38.0 Å². The maximum absolute atomic E-state index is 13.0. The van der Waals surface area contributed by atoms with Gasteiger partial charge in [-0.25, -0.2) is 0 Å². The summed E-state index contributed by atoms with van der Waals surface area (Å²) >= 11 is 0. The second-order valence-electron chi connectivity index (χ2n) is 11.1. The summed E-state index contributed by atoms with van der Waals surface area (Å²) in [6, 6.07) is 0. The molecule has 0 aromatic carbocycles. The van der Waals surface area contributed by atoms with Crippen LogP contribution in [0, 0.1) is 28.6 Å². The Hall–Kier alpha value is -1.73. The molecule has 5 rings (SSSR count). The molecule has 7 nitrogen and oxygen atoms in total. The van der Waals surface area contributed by atoms with Crippen LogP contribution >= 0.6 is 0 Å². The zero-order valence-electron chi connectivity index (χ0n) is 19.4. The van der Waals surface area contributed by atoms with Crippen LogP contribution in [0.2, 0.25) is 0 Å². The average Bonchev–Trinajstić information content (AvgIpc) is 3.43. The lowest BCUT2D eigenvalue weighted by Gasteiger charge is -2.57. The maximum atomic E-state index is 13.0. The summed E-state index contributed by atoms with van der Waals surface area (Å²) in [5.41, 5.74) is -1.25. The summed E-state index contributed by atoms with van der Waals surface area (Å²) in [5, 5.41) is 11.8. The second kappa shape index (κ2) is 6.89. The maximum Gasteiger partial charge on any atom is 0.312 e. The van der Waals surface area contributed by atoms with Gasteiger partial charge in [0, 0.05) is 36.0 Å². The third-order valence-corrected chi connectivity index (χ3v) is 10.1. The number of ether oxygens (including phenoxy) is 3. The molecule has 0 radical (unpaired) electrons. The van der Waals surface area contributed by atoms with Crippen LogP contribution in [0.3, 0.4) is 0 Å². The number of ketones is 1. The number of carbonyl (C=O) groups excluding carboxylic acids is 3. The Kier molecular flexibility index (Phi) is 4.75. The van der Waals surface area contributed by atoms with Crippen LogP contribution in [-0.2, 0) is 28.6 Å². The van der Waals surface area contributed by atoms with Gasteiger partial charge in [0.1, 0.15) is 11.4 Å². The van der Waals surface area contributed by atoms with E-state index in [4.69, 9.17) is 14.2 Å². The topological polar surface area (TPSA) is 102 Å². The monoisotopic (exact) mass is 446 g/mol. The lowest BCUT2D eigenvalue weighted by atomic mass is 9.44. The molecule has 0 amide bonds. The molecule has 1 heterocycles. The molecule has 1 spiro atoms. The molecule has 2 unspecified atom stereocenters. The minimum absolute atomic E-state index is 0.0558. The van der Waals surface area contributed by atoms with Gasteiger partial charge in [0.25, 0.3) is 0 Å². The van der Waals surface area contributed by atoms with Crippen LogP contribution in [0.1, 0.15) is 65.2 Å². The Morgan fingerprint density at radius 3 is 2.66 bits per heavy atom. The molecule has 8 atom stereocenters. The van der Waals surface area contributed by atoms with E-state index in [0.29, 0.717) is 32.1 Å². The van der Waals surface area contributed by atoms with E-state index in [-0.39, 0.29) is 47.5 Å². The highest BCUT2D eigenvalue weighted by Gasteiger charge is 2.82. The fourth-order valence-electron chi connectivity index (χ4n) is 8.23. The van der Waals surface area contributed by atoms with E-state index in [9.17, 15) is 19.5 Å². The zero-order chi connectivity index (χ0) is 23.1. The molecule has 176 valence electrons. The molecule has 3 saturated carbocycles. The minimum atomic E-state index is -1.02. The highest BCUT2D eigenvalue weighted by molar-refractivity contribution is 5.84. The number of esters is 2. The summed E-state index contributed by atoms with van der Waals surface area (Å²) < 4.78 is 16.6. The predicted octanol–water partition coefficient (Wildman–Crippen LogP) is 2.73. The van der Waals surface area contributed by atoms with Gasteiger partial charge in [0.15, 0.2) is 0 Å². The van der Waals surface area contributed by atoms with Crippen molar-refractivity contribution < 1.29 is 33.7 Å². The molecule has 32 heavy (non-hydrogen) atoms. The number of rotatable bonds is 4. The van der Waals surface area contributed by atoms with Gasteiger partial charge >= 0.3 is 11.9 Å². The number of hydrogen-bond donors (Lipinski definition) is 1. The molecular weight excluding hydrogens is 412 g/mol. The van der Waals surface area contributed by atoms with Crippen molar-refractivity contribution in [3.63, 3.8) is 0 Å². The Morgan fingerprint density at radius 1 is 1.22 bits per heavy atom. The first-order chi connectivity index (χ1) is 15.1. The van der Waals surface area contributed by atoms with Gasteiger partial charge in [0.05, 0.1) is 31.8 Å². The van der Waals surface area contributed by atoms with Gasteiger partial charge in [0.2, 0.25) is 0 Å². The third kappa shape index (κ3) is 2.58. The predicted molar refractivity (Wildman–Crippen MR) is 113 cm³/mol. The Balaban J connectivity index is 1.57. The highest BCUT2D eigenvalue weighted by Crippen LogP contribution is 2.77. The van der Waals surface area contributed by atoms with E-state index in [2.05, 4.69) is 13.8 Å². The zero-order valence-corrected chi connectivity index (χ0v) is 19.4. The smallest absolute Gasteiger partial charge is 0.312 e. The van der Waals surface area contributed by atoms with Crippen molar-refractivity contribution in [3.8, 4) is 0 Å². The van der Waals surface area contributed by atoms with Gasteiger partial charge in [-0.15, -0.1) is 0 Å². The number of Topliss-reactive ketones (excluding diaryl/α,β-unsaturated/α-hetero) is 1. The number of methoxy groups -OCH3 is 2. The Morgan fingerprint density at radius 2 is 1.97 bits per heavy atom. The van der Waals surface area contributed by atoms with Crippen molar-refractivity contribution in [3.05, 3.63) is 11.6 Å². The van der Waals surface area contributed by atoms with Crippen molar-refractivity contribution >= 4 is 17.7 Å². The van der Waals surface area contributed by atoms with E-state index in [1.54, 1.807) is 0 Å². The number of carbonyl (C=O) groups is 3. The normalized spacial score (nSPS) is 48.5. The number of hydrogen-bond acceptors (Lipinski definition) is 7. The first-order valence-corrected chi connectivity index (χ1v) is 11.8.